The molecule has 0 amide bonds. The standard InChI is InChI=1S/C12H16ClFN2O/c1-7-5-16(6-8(2)17-7)12-4-10(14)9(13)3-11(12)15/h3-4,7-8H,5-6,15H2,1-2H3/t7-,8+. The number of nitrogens with two attached hydrogens (primary N) is 1. The van der Waals surface area contributed by atoms with E-state index in [1.807, 2.05) is 18.7 Å². The summed E-state index contributed by atoms with van der Waals surface area (Å²) in [5, 5.41) is 0.0561. The fraction of sp³-hybridized carbons (Fsp3) is 0.500. The zero-order valence-electron chi connectivity index (χ0n) is 9.91. The Labute approximate surface area is 105 Å². The van der Waals surface area contributed by atoms with E-state index in [2.05, 4.69) is 0 Å². The van der Waals surface area contributed by atoms with Gasteiger partial charge in [0.15, 0.2) is 0 Å². The van der Waals surface area contributed by atoms with Crippen molar-refractivity contribution in [2.45, 2.75) is 26.1 Å². The van der Waals surface area contributed by atoms with E-state index >= 15 is 0 Å². The van der Waals surface area contributed by atoms with Gasteiger partial charge in [-0.25, -0.2) is 4.39 Å². The van der Waals surface area contributed by atoms with Gasteiger partial charge >= 0.3 is 0 Å². The highest BCUT2D eigenvalue weighted by Crippen LogP contribution is 2.31. The highest BCUT2D eigenvalue weighted by molar-refractivity contribution is 6.31. The van der Waals surface area contributed by atoms with Crippen LogP contribution in [-0.2, 0) is 4.74 Å². The molecule has 0 aliphatic carbocycles. The first-order chi connectivity index (χ1) is 7.97. The Hall–Kier alpha value is -1.00. The Morgan fingerprint density at radius 2 is 1.94 bits per heavy atom. The minimum Gasteiger partial charge on any atom is -0.397 e. The van der Waals surface area contributed by atoms with Crippen molar-refractivity contribution in [3.8, 4) is 0 Å². The van der Waals surface area contributed by atoms with Crippen LogP contribution in [0.15, 0.2) is 12.1 Å². The maximum absolute atomic E-state index is 13.5. The quantitative estimate of drug-likeness (QED) is 0.787. The molecule has 0 unspecified atom stereocenters. The van der Waals surface area contributed by atoms with Crippen LogP contribution in [0.1, 0.15) is 13.8 Å². The van der Waals surface area contributed by atoms with Gasteiger partial charge in [0.1, 0.15) is 5.82 Å². The van der Waals surface area contributed by atoms with Crippen molar-refractivity contribution in [2.75, 3.05) is 23.7 Å². The highest BCUT2D eigenvalue weighted by Gasteiger charge is 2.24. The lowest BCUT2D eigenvalue weighted by molar-refractivity contribution is -0.00518. The Morgan fingerprint density at radius 3 is 2.53 bits per heavy atom. The van der Waals surface area contributed by atoms with Crippen LogP contribution in [0.2, 0.25) is 5.02 Å². The Kier molecular flexibility index (Phi) is 3.45. The van der Waals surface area contributed by atoms with E-state index < -0.39 is 5.82 Å². The van der Waals surface area contributed by atoms with Gasteiger partial charge in [0.05, 0.1) is 28.6 Å². The number of halogens is 2. The lowest BCUT2D eigenvalue weighted by Crippen LogP contribution is -2.45. The molecule has 1 saturated heterocycles. The van der Waals surface area contributed by atoms with Gasteiger partial charge in [0.25, 0.3) is 0 Å². The zero-order chi connectivity index (χ0) is 12.6. The molecule has 2 rings (SSSR count). The van der Waals surface area contributed by atoms with Crippen molar-refractivity contribution in [3.63, 3.8) is 0 Å². The van der Waals surface area contributed by atoms with Gasteiger partial charge in [-0.3, -0.25) is 0 Å². The minimum absolute atomic E-state index is 0.0561. The molecule has 0 bridgehead atoms. The monoisotopic (exact) mass is 258 g/mol. The Morgan fingerprint density at radius 1 is 1.35 bits per heavy atom. The third-order valence-corrected chi connectivity index (χ3v) is 3.12. The molecule has 0 spiro atoms. The van der Waals surface area contributed by atoms with Crippen LogP contribution in [0, 0.1) is 5.82 Å². The number of rotatable bonds is 1. The number of nitrogen functional groups attached to an aromatic ring is 1. The minimum atomic E-state index is -0.442. The second-order valence-corrected chi connectivity index (χ2v) is 4.89. The molecule has 17 heavy (non-hydrogen) atoms. The largest absolute Gasteiger partial charge is 0.397 e. The van der Waals surface area contributed by atoms with Crippen LogP contribution < -0.4 is 10.6 Å². The first-order valence-electron chi connectivity index (χ1n) is 5.62. The number of benzene rings is 1. The number of hydrogen-bond donors (Lipinski definition) is 1. The van der Waals surface area contributed by atoms with Crippen LogP contribution in [0.5, 0.6) is 0 Å². The SMILES string of the molecule is C[C@@H]1CN(c2cc(F)c(Cl)cc2N)C[C@H](C)O1. The van der Waals surface area contributed by atoms with Gasteiger partial charge in [-0.2, -0.15) is 0 Å². The van der Waals surface area contributed by atoms with Crippen molar-refractivity contribution in [1.82, 2.24) is 0 Å². The molecular weight excluding hydrogens is 243 g/mol. The molecule has 2 N–H and O–H groups in total. The molecule has 1 aliphatic heterocycles. The van der Waals surface area contributed by atoms with Gasteiger partial charge in [-0.15, -0.1) is 0 Å². The summed E-state index contributed by atoms with van der Waals surface area (Å²) in [6.07, 6.45) is 0.216. The number of nitrogens with zero attached hydrogens (tertiary/aromatic N) is 1. The number of hydrogen-bond acceptors (Lipinski definition) is 3. The van der Waals surface area contributed by atoms with E-state index in [0.717, 1.165) is 0 Å². The summed E-state index contributed by atoms with van der Waals surface area (Å²) in [7, 11) is 0. The Bertz CT molecular complexity index is 417. The molecular formula is C12H16ClFN2O. The van der Waals surface area contributed by atoms with Gasteiger partial charge in [-0.1, -0.05) is 11.6 Å². The van der Waals surface area contributed by atoms with E-state index in [-0.39, 0.29) is 17.2 Å². The van der Waals surface area contributed by atoms with Crippen molar-refractivity contribution >= 4 is 23.0 Å². The highest BCUT2D eigenvalue weighted by atomic mass is 35.5. The van der Waals surface area contributed by atoms with Gasteiger partial charge in [0.2, 0.25) is 0 Å². The normalized spacial score (nSPS) is 25.1. The molecule has 0 radical (unpaired) electrons. The fourth-order valence-corrected chi connectivity index (χ4v) is 2.37. The molecule has 1 aromatic rings. The average Bonchev–Trinajstić information content (AvgIpc) is 2.22. The summed E-state index contributed by atoms with van der Waals surface area (Å²) in [5.74, 6) is -0.442. The summed E-state index contributed by atoms with van der Waals surface area (Å²) >= 11 is 5.68. The van der Waals surface area contributed by atoms with Crippen molar-refractivity contribution < 1.29 is 9.13 Å². The summed E-state index contributed by atoms with van der Waals surface area (Å²) < 4.78 is 19.1. The first kappa shape index (κ1) is 12.5. The van der Waals surface area contributed by atoms with E-state index in [0.29, 0.717) is 24.5 Å². The predicted molar refractivity (Wildman–Crippen MR) is 68.0 cm³/mol. The van der Waals surface area contributed by atoms with E-state index in [1.54, 1.807) is 0 Å². The summed E-state index contributed by atoms with van der Waals surface area (Å²) in [6.45, 7) is 5.39. The van der Waals surface area contributed by atoms with Gasteiger partial charge < -0.3 is 15.4 Å². The Balaban J connectivity index is 2.30. The number of ether oxygens (including phenoxy) is 1. The lowest BCUT2D eigenvalue weighted by Gasteiger charge is -2.37. The molecule has 0 aromatic heterocycles. The molecule has 1 aromatic carbocycles. The molecule has 1 fully saturated rings. The molecule has 2 atom stereocenters. The molecule has 0 saturated carbocycles. The van der Waals surface area contributed by atoms with Crippen LogP contribution in [0.3, 0.4) is 0 Å². The summed E-state index contributed by atoms with van der Waals surface area (Å²) in [5.41, 5.74) is 7.07. The molecule has 3 nitrogen and oxygen atoms in total. The average molecular weight is 259 g/mol. The fourth-order valence-electron chi connectivity index (χ4n) is 2.20. The van der Waals surface area contributed by atoms with Crippen molar-refractivity contribution in [3.05, 3.63) is 23.0 Å². The van der Waals surface area contributed by atoms with E-state index in [9.17, 15) is 4.39 Å². The summed E-state index contributed by atoms with van der Waals surface area (Å²) in [4.78, 5) is 2.04. The van der Waals surface area contributed by atoms with E-state index in [1.165, 1.54) is 12.1 Å². The third kappa shape index (κ3) is 2.64. The molecule has 1 aliphatic rings. The predicted octanol–water partition coefficient (Wildman–Crippen LogP) is 2.67. The topological polar surface area (TPSA) is 38.5 Å². The third-order valence-electron chi connectivity index (χ3n) is 2.83. The second-order valence-electron chi connectivity index (χ2n) is 4.49. The first-order valence-corrected chi connectivity index (χ1v) is 6.00. The smallest absolute Gasteiger partial charge is 0.144 e. The van der Waals surface area contributed by atoms with Crippen molar-refractivity contribution in [1.29, 1.82) is 0 Å². The van der Waals surface area contributed by atoms with Crippen LogP contribution in [0.4, 0.5) is 15.8 Å². The van der Waals surface area contributed by atoms with Gasteiger partial charge in [-0.05, 0) is 19.9 Å². The number of morpholine rings is 1. The maximum Gasteiger partial charge on any atom is 0.144 e. The van der Waals surface area contributed by atoms with Crippen LogP contribution in [-0.4, -0.2) is 25.3 Å². The van der Waals surface area contributed by atoms with Crippen molar-refractivity contribution in [2.24, 2.45) is 0 Å². The van der Waals surface area contributed by atoms with Gasteiger partial charge in [0, 0.05) is 19.2 Å². The zero-order valence-corrected chi connectivity index (χ0v) is 10.7. The van der Waals surface area contributed by atoms with E-state index in [4.69, 9.17) is 22.1 Å². The lowest BCUT2D eigenvalue weighted by atomic mass is 10.1. The molecule has 1 heterocycles. The second kappa shape index (κ2) is 4.70. The number of anilines is 2. The summed E-state index contributed by atoms with van der Waals surface area (Å²) in [6, 6.07) is 2.85. The van der Waals surface area contributed by atoms with Crippen LogP contribution >= 0.6 is 11.6 Å². The molecule has 94 valence electrons. The maximum atomic E-state index is 13.5. The van der Waals surface area contributed by atoms with Crippen LogP contribution in [0.25, 0.3) is 0 Å². The molecule has 5 heteroatoms.